The number of ether oxygens (including phenoxy) is 1. The van der Waals surface area contributed by atoms with Crippen LogP contribution in [0.1, 0.15) is 31.5 Å². The van der Waals surface area contributed by atoms with Crippen molar-refractivity contribution in [3.05, 3.63) is 17.0 Å². The Labute approximate surface area is 135 Å². The number of aliphatic hydroxyl groups is 1. The molecule has 1 saturated heterocycles. The van der Waals surface area contributed by atoms with E-state index >= 15 is 0 Å². The third kappa shape index (κ3) is 4.52. The third-order valence-corrected chi connectivity index (χ3v) is 4.17. The fourth-order valence-electron chi connectivity index (χ4n) is 2.63. The number of rotatable bonds is 6. The molecule has 1 atom stereocenters. The molecule has 22 heavy (non-hydrogen) atoms. The van der Waals surface area contributed by atoms with Crippen LogP contribution in [0.25, 0.3) is 0 Å². The van der Waals surface area contributed by atoms with Crippen LogP contribution in [0.5, 0.6) is 0 Å². The highest BCUT2D eigenvalue weighted by molar-refractivity contribution is 6.29. The maximum atomic E-state index is 10.6. The molecule has 6 nitrogen and oxygen atoms in total. The Kier molecular flexibility index (Phi) is 4.82. The summed E-state index contributed by atoms with van der Waals surface area (Å²) in [5, 5.41) is 14.2. The molecular weight excluding hydrogens is 304 g/mol. The molecule has 3 rings (SSSR count). The molecule has 0 bridgehead atoms. The van der Waals surface area contributed by atoms with Gasteiger partial charge in [0.15, 0.2) is 0 Å². The van der Waals surface area contributed by atoms with Gasteiger partial charge in [-0.05, 0) is 19.8 Å². The fourth-order valence-corrected chi connectivity index (χ4v) is 2.82. The molecule has 7 heteroatoms. The Hall–Kier alpha value is -0.950. The van der Waals surface area contributed by atoms with E-state index in [2.05, 4.69) is 20.2 Å². The summed E-state index contributed by atoms with van der Waals surface area (Å²) in [6.07, 6.45) is 2.27. The number of morpholine rings is 1. The molecule has 0 spiro atoms. The summed E-state index contributed by atoms with van der Waals surface area (Å²) in [6.45, 7) is 6.05. The molecule has 122 valence electrons. The van der Waals surface area contributed by atoms with Crippen molar-refractivity contribution in [1.82, 2.24) is 14.9 Å². The summed E-state index contributed by atoms with van der Waals surface area (Å²) in [5.41, 5.74) is -0.839. The highest BCUT2D eigenvalue weighted by atomic mass is 35.5. The van der Waals surface area contributed by atoms with Crippen LogP contribution in [0, 0.1) is 0 Å². The third-order valence-electron chi connectivity index (χ3n) is 3.97. The summed E-state index contributed by atoms with van der Waals surface area (Å²) in [4.78, 5) is 11.0. The van der Waals surface area contributed by atoms with Gasteiger partial charge < -0.3 is 15.2 Å². The van der Waals surface area contributed by atoms with Crippen molar-refractivity contribution >= 4 is 17.4 Å². The van der Waals surface area contributed by atoms with Crippen molar-refractivity contribution in [1.29, 1.82) is 0 Å². The van der Waals surface area contributed by atoms with Gasteiger partial charge in [-0.2, -0.15) is 0 Å². The number of nitrogens with one attached hydrogen (secondary N) is 1. The molecule has 0 amide bonds. The largest absolute Gasteiger partial charge is 0.387 e. The minimum atomic E-state index is -0.839. The zero-order valence-electron chi connectivity index (χ0n) is 12.9. The van der Waals surface area contributed by atoms with Gasteiger partial charge in [0.05, 0.1) is 18.8 Å². The SMILES string of the molecule is C[C@@](O)(CNc1cc(Cl)nc(C2CC2)n1)CN1CCOCC1. The monoisotopic (exact) mass is 326 g/mol. The maximum absolute atomic E-state index is 10.6. The van der Waals surface area contributed by atoms with Gasteiger partial charge in [-0.25, -0.2) is 9.97 Å². The van der Waals surface area contributed by atoms with Crippen LogP contribution in [0.15, 0.2) is 6.07 Å². The summed E-state index contributed by atoms with van der Waals surface area (Å²) in [6, 6.07) is 1.71. The van der Waals surface area contributed by atoms with Gasteiger partial charge in [0, 0.05) is 38.2 Å². The fraction of sp³-hybridized carbons (Fsp3) is 0.733. The minimum absolute atomic E-state index is 0.418. The van der Waals surface area contributed by atoms with Gasteiger partial charge in [0.1, 0.15) is 16.8 Å². The number of hydrogen-bond donors (Lipinski definition) is 2. The first-order chi connectivity index (χ1) is 10.5. The van der Waals surface area contributed by atoms with E-state index in [-0.39, 0.29) is 0 Å². The van der Waals surface area contributed by atoms with E-state index in [4.69, 9.17) is 16.3 Å². The summed E-state index contributed by atoms with van der Waals surface area (Å²) < 4.78 is 5.33. The molecule has 1 aromatic rings. The van der Waals surface area contributed by atoms with Crippen LogP contribution < -0.4 is 5.32 Å². The number of aromatic nitrogens is 2. The van der Waals surface area contributed by atoms with Crippen molar-refractivity contribution in [3.8, 4) is 0 Å². The second kappa shape index (κ2) is 6.66. The van der Waals surface area contributed by atoms with E-state index in [1.165, 1.54) is 0 Å². The van der Waals surface area contributed by atoms with Gasteiger partial charge >= 0.3 is 0 Å². The zero-order valence-corrected chi connectivity index (χ0v) is 13.6. The van der Waals surface area contributed by atoms with Gasteiger partial charge in [-0.15, -0.1) is 0 Å². The van der Waals surface area contributed by atoms with Crippen LogP contribution in [-0.2, 0) is 4.74 Å². The average molecular weight is 327 g/mol. The molecule has 2 aliphatic rings. The van der Waals surface area contributed by atoms with Crippen LogP contribution >= 0.6 is 11.6 Å². The standard InChI is InChI=1S/C15H23ClN4O2/c1-15(21,10-20-4-6-22-7-5-20)9-17-13-8-12(16)18-14(19-13)11-2-3-11/h8,11,21H,2-7,9-10H2,1H3,(H,17,18,19)/t15-/m1/s1. The predicted molar refractivity (Wildman–Crippen MR) is 85.4 cm³/mol. The first-order valence-corrected chi connectivity index (χ1v) is 8.20. The lowest BCUT2D eigenvalue weighted by molar-refractivity contribution is -0.0164. The summed E-state index contributed by atoms with van der Waals surface area (Å²) >= 11 is 6.05. The van der Waals surface area contributed by atoms with Crippen LogP contribution in [0.2, 0.25) is 5.15 Å². The topological polar surface area (TPSA) is 70.5 Å². The van der Waals surface area contributed by atoms with Crippen molar-refractivity contribution in [3.63, 3.8) is 0 Å². The molecule has 2 fully saturated rings. The lowest BCUT2D eigenvalue weighted by atomic mass is 10.1. The lowest BCUT2D eigenvalue weighted by Crippen LogP contribution is -2.49. The lowest BCUT2D eigenvalue weighted by Gasteiger charge is -2.34. The number of β-amino-alcohol motifs (C(OH)–C–C–N with tert-alkyl or cyclic N) is 1. The average Bonchev–Trinajstić information content (AvgIpc) is 3.30. The van der Waals surface area contributed by atoms with Gasteiger partial charge in [-0.3, -0.25) is 4.90 Å². The van der Waals surface area contributed by atoms with Crippen LogP contribution in [0.3, 0.4) is 0 Å². The Bertz CT molecular complexity index is 516. The van der Waals surface area contributed by atoms with Gasteiger partial charge in [0.25, 0.3) is 0 Å². The highest BCUT2D eigenvalue weighted by Gasteiger charge is 2.28. The summed E-state index contributed by atoms with van der Waals surface area (Å²) in [7, 11) is 0. The smallest absolute Gasteiger partial charge is 0.135 e. The van der Waals surface area contributed by atoms with Crippen LogP contribution in [-0.4, -0.2) is 65.0 Å². The maximum Gasteiger partial charge on any atom is 0.135 e. The molecule has 0 radical (unpaired) electrons. The number of halogens is 1. The summed E-state index contributed by atoms with van der Waals surface area (Å²) in [5.74, 6) is 1.94. The van der Waals surface area contributed by atoms with Gasteiger partial charge in [-0.1, -0.05) is 11.6 Å². The number of nitrogens with zero attached hydrogens (tertiary/aromatic N) is 3. The van der Waals surface area contributed by atoms with Crippen molar-refractivity contribution in [2.75, 3.05) is 44.7 Å². The highest BCUT2D eigenvalue weighted by Crippen LogP contribution is 2.38. The van der Waals surface area contributed by atoms with E-state index < -0.39 is 5.60 Å². The zero-order chi connectivity index (χ0) is 15.6. The first-order valence-electron chi connectivity index (χ1n) is 7.83. The molecule has 1 aliphatic heterocycles. The van der Waals surface area contributed by atoms with Crippen LogP contribution in [0.4, 0.5) is 5.82 Å². The van der Waals surface area contributed by atoms with E-state index in [9.17, 15) is 5.11 Å². The molecular formula is C15H23ClN4O2. The minimum Gasteiger partial charge on any atom is -0.387 e. The van der Waals surface area contributed by atoms with Crippen molar-refractivity contribution < 1.29 is 9.84 Å². The van der Waals surface area contributed by atoms with E-state index in [0.29, 0.717) is 30.0 Å². The Morgan fingerprint density at radius 2 is 2.14 bits per heavy atom. The normalized spacial score (nSPS) is 22.3. The Morgan fingerprint density at radius 1 is 1.41 bits per heavy atom. The molecule has 0 aromatic carbocycles. The quantitative estimate of drug-likeness (QED) is 0.772. The van der Waals surface area contributed by atoms with Crippen molar-refractivity contribution in [2.24, 2.45) is 0 Å². The first kappa shape index (κ1) is 15.9. The van der Waals surface area contributed by atoms with Gasteiger partial charge in [0.2, 0.25) is 0 Å². The molecule has 2 N–H and O–H groups in total. The van der Waals surface area contributed by atoms with E-state index in [0.717, 1.165) is 45.0 Å². The molecule has 1 saturated carbocycles. The van der Waals surface area contributed by atoms with E-state index in [1.807, 2.05) is 6.92 Å². The predicted octanol–water partition coefficient (Wildman–Crippen LogP) is 1.50. The molecule has 1 aliphatic carbocycles. The second-order valence-corrected chi connectivity index (χ2v) is 6.83. The Balaban J connectivity index is 1.56. The number of anilines is 1. The van der Waals surface area contributed by atoms with E-state index in [1.54, 1.807) is 6.07 Å². The number of hydrogen-bond acceptors (Lipinski definition) is 6. The Morgan fingerprint density at radius 3 is 2.82 bits per heavy atom. The van der Waals surface area contributed by atoms with Crippen molar-refractivity contribution in [2.45, 2.75) is 31.3 Å². The molecule has 1 aromatic heterocycles. The molecule has 2 heterocycles. The molecule has 0 unspecified atom stereocenters. The second-order valence-electron chi connectivity index (χ2n) is 6.45.